The molecule has 162 valence electrons. The van der Waals surface area contributed by atoms with Crippen LogP contribution in [0.5, 0.6) is 0 Å². The molecule has 0 aliphatic rings. The van der Waals surface area contributed by atoms with E-state index in [-0.39, 0.29) is 29.9 Å². The molecule has 0 bridgehead atoms. The Hall–Kier alpha value is -2.60. The number of rotatable bonds is 9. The maximum atomic E-state index is 12.4. The highest BCUT2D eigenvalue weighted by molar-refractivity contribution is 7.99. The fourth-order valence-electron chi connectivity index (χ4n) is 2.33. The van der Waals surface area contributed by atoms with Crippen LogP contribution in [0.3, 0.4) is 0 Å². The number of aromatic nitrogens is 3. The number of nitrogens with zero attached hydrogens (tertiary/aromatic N) is 5. The lowest BCUT2D eigenvalue weighted by Crippen LogP contribution is -2.29. The molecule has 1 aromatic carbocycles. The molecule has 0 aliphatic heterocycles. The summed E-state index contributed by atoms with van der Waals surface area (Å²) in [6.45, 7) is 2.22. The summed E-state index contributed by atoms with van der Waals surface area (Å²) < 4.78 is 1.21. The van der Waals surface area contributed by atoms with Crippen LogP contribution in [0.1, 0.15) is 18.3 Å². The topological polar surface area (TPSA) is 123 Å². The second-order valence-corrected chi connectivity index (χ2v) is 8.86. The highest BCUT2D eigenvalue weighted by Crippen LogP contribution is 2.19. The van der Waals surface area contributed by atoms with Gasteiger partial charge in [0, 0.05) is 44.4 Å². The number of carbonyl (C=O) groups excluding carboxylic acids is 2. The van der Waals surface area contributed by atoms with Crippen LogP contribution in [0.2, 0.25) is 0 Å². The number of hydrogen-bond acceptors (Lipinski definition) is 8. The molecule has 1 heterocycles. The third-order valence-corrected chi connectivity index (χ3v) is 5.90. The molecule has 0 spiro atoms. The third kappa shape index (κ3) is 6.73. The highest BCUT2D eigenvalue weighted by Gasteiger charge is 2.20. The average molecular weight is 453 g/mol. The molecule has 0 saturated carbocycles. The van der Waals surface area contributed by atoms with Gasteiger partial charge in [-0.05, 0) is 11.8 Å². The number of nitro groups is 1. The number of benzene rings is 1. The summed E-state index contributed by atoms with van der Waals surface area (Å²) >= 11 is 2.79. The highest BCUT2D eigenvalue weighted by atomic mass is 32.2. The normalized spacial score (nSPS) is 11.7. The second kappa shape index (κ2) is 11.0. The number of carbonyl (C=O) groups is 2. The molecule has 1 atom stereocenters. The summed E-state index contributed by atoms with van der Waals surface area (Å²) in [5.41, 5.74) is 0.597. The zero-order chi connectivity index (χ0) is 22.3. The van der Waals surface area contributed by atoms with Crippen molar-refractivity contribution in [1.82, 2.24) is 25.0 Å². The van der Waals surface area contributed by atoms with Crippen molar-refractivity contribution in [3.8, 4) is 0 Å². The molecule has 10 nitrogen and oxygen atoms in total. The Morgan fingerprint density at radius 2 is 2.10 bits per heavy atom. The van der Waals surface area contributed by atoms with Crippen molar-refractivity contribution in [2.24, 2.45) is 0 Å². The van der Waals surface area contributed by atoms with Crippen LogP contribution in [0.25, 0.3) is 0 Å². The van der Waals surface area contributed by atoms with Gasteiger partial charge in [-0.2, -0.15) is 16.4 Å². The van der Waals surface area contributed by atoms with Crippen molar-refractivity contribution in [2.75, 3.05) is 26.1 Å². The van der Waals surface area contributed by atoms with Crippen LogP contribution >= 0.6 is 23.5 Å². The second-order valence-electron chi connectivity index (χ2n) is 6.64. The Labute approximate surface area is 182 Å². The smallest absolute Gasteiger partial charge is 0.346 e. The number of hydrogen-bond donors (Lipinski definition) is 1. The van der Waals surface area contributed by atoms with Gasteiger partial charge in [-0.25, -0.2) is 9.78 Å². The predicted molar refractivity (Wildman–Crippen MR) is 117 cm³/mol. The van der Waals surface area contributed by atoms with Crippen molar-refractivity contribution in [1.29, 1.82) is 0 Å². The minimum absolute atomic E-state index is 0.0292. The van der Waals surface area contributed by atoms with E-state index in [0.717, 1.165) is 11.8 Å². The van der Waals surface area contributed by atoms with E-state index >= 15 is 0 Å². The largest absolute Gasteiger partial charge is 0.351 e. The van der Waals surface area contributed by atoms with Gasteiger partial charge in [0.15, 0.2) is 11.0 Å². The summed E-state index contributed by atoms with van der Waals surface area (Å²) in [7, 11) is 3.24. The van der Waals surface area contributed by atoms with Gasteiger partial charge in [0.1, 0.15) is 0 Å². The van der Waals surface area contributed by atoms with Gasteiger partial charge in [-0.1, -0.05) is 30.8 Å². The standard InChI is InChI=1S/C18H24N6O4S2/c1-12(29-4)8-15-20-17(23(21-15)18(26)22(2)3)30-11-16(25)19-10-13-6-5-7-14(9-13)24(27)28/h5-7,9,12H,8,10-11H2,1-4H3,(H,19,25). The molecule has 0 saturated heterocycles. The molecule has 2 amide bonds. The van der Waals surface area contributed by atoms with Crippen molar-refractivity contribution >= 4 is 41.1 Å². The van der Waals surface area contributed by atoms with Crippen molar-refractivity contribution in [3.63, 3.8) is 0 Å². The van der Waals surface area contributed by atoms with Gasteiger partial charge in [0.25, 0.3) is 5.69 Å². The Kier molecular flexibility index (Phi) is 8.66. The summed E-state index contributed by atoms with van der Waals surface area (Å²) in [6.07, 6.45) is 2.61. The lowest BCUT2D eigenvalue weighted by Gasteiger charge is -2.11. The number of amides is 2. The zero-order valence-electron chi connectivity index (χ0n) is 17.2. The Balaban J connectivity index is 2.01. The van der Waals surface area contributed by atoms with E-state index in [1.54, 1.807) is 38.0 Å². The third-order valence-electron chi connectivity index (χ3n) is 4.00. The summed E-state index contributed by atoms with van der Waals surface area (Å²) in [5.74, 6) is 0.301. The first-order valence-corrected chi connectivity index (χ1v) is 11.3. The molecule has 2 rings (SSSR count). The van der Waals surface area contributed by atoms with Gasteiger partial charge in [0.05, 0.1) is 10.7 Å². The summed E-state index contributed by atoms with van der Waals surface area (Å²) in [4.78, 5) is 40.8. The average Bonchev–Trinajstić information content (AvgIpc) is 3.12. The van der Waals surface area contributed by atoms with Crippen LogP contribution in [-0.2, 0) is 17.8 Å². The first-order valence-electron chi connectivity index (χ1n) is 9.04. The van der Waals surface area contributed by atoms with Crippen LogP contribution in [0, 0.1) is 10.1 Å². The SMILES string of the molecule is CSC(C)Cc1nc(SCC(=O)NCc2cccc([N+](=O)[O-])c2)n(C(=O)N(C)C)n1. The molecule has 1 aromatic heterocycles. The molecule has 30 heavy (non-hydrogen) atoms. The fraction of sp³-hybridized carbons (Fsp3) is 0.444. The van der Waals surface area contributed by atoms with Gasteiger partial charge in [0.2, 0.25) is 5.91 Å². The Bertz CT molecular complexity index is 918. The van der Waals surface area contributed by atoms with Crippen molar-refractivity contribution < 1.29 is 14.5 Å². The van der Waals surface area contributed by atoms with E-state index in [0.29, 0.717) is 28.2 Å². The zero-order valence-corrected chi connectivity index (χ0v) is 18.8. The van der Waals surface area contributed by atoms with Gasteiger partial charge < -0.3 is 10.2 Å². The van der Waals surface area contributed by atoms with Crippen molar-refractivity contribution in [3.05, 3.63) is 45.8 Å². The Morgan fingerprint density at radius 1 is 1.37 bits per heavy atom. The molecule has 2 aromatic rings. The van der Waals surface area contributed by atoms with Gasteiger partial charge >= 0.3 is 6.03 Å². The van der Waals surface area contributed by atoms with E-state index in [1.165, 1.54) is 21.7 Å². The van der Waals surface area contributed by atoms with Crippen LogP contribution in [0.15, 0.2) is 29.4 Å². The van der Waals surface area contributed by atoms with E-state index < -0.39 is 4.92 Å². The summed E-state index contributed by atoms with van der Waals surface area (Å²) in [5, 5.41) is 18.5. The van der Waals surface area contributed by atoms with E-state index in [1.807, 2.05) is 13.2 Å². The lowest BCUT2D eigenvalue weighted by atomic mass is 10.2. The molecule has 12 heteroatoms. The van der Waals surface area contributed by atoms with Gasteiger partial charge in [-0.15, -0.1) is 5.10 Å². The van der Waals surface area contributed by atoms with Crippen LogP contribution in [-0.4, -0.2) is 67.9 Å². The minimum atomic E-state index is -0.481. The van der Waals surface area contributed by atoms with Crippen LogP contribution < -0.4 is 5.32 Å². The number of thioether (sulfide) groups is 2. The molecule has 1 unspecified atom stereocenters. The lowest BCUT2D eigenvalue weighted by molar-refractivity contribution is -0.384. The Morgan fingerprint density at radius 3 is 2.73 bits per heavy atom. The maximum absolute atomic E-state index is 12.4. The number of nitro benzene ring substituents is 1. The predicted octanol–water partition coefficient (Wildman–Crippen LogP) is 2.42. The monoisotopic (exact) mass is 452 g/mol. The molecule has 0 fully saturated rings. The summed E-state index contributed by atoms with van der Waals surface area (Å²) in [6, 6.07) is 5.74. The van der Waals surface area contributed by atoms with Crippen molar-refractivity contribution in [2.45, 2.75) is 30.3 Å². The quantitative estimate of drug-likeness (QED) is 0.349. The minimum Gasteiger partial charge on any atom is -0.351 e. The fourth-order valence-corrected chi connectivity index (χ4v) is 3.42. The molecular weight excluding hydrogens is 428 g/mol. The van der Waals surface area contributed by atoms with E-state index in [9.17, 15) is 19.7 Å². The molecule has 0 aliphatic carbocycles. The number of nitrogens with one attached hydrogen (secondary N) is 1. The number of non-ortho nitro benzene ring substituents is 1. The maximum Gasteiger partial charge on any atom is 0.346 e. The molecular formula is C18H24N6O4S2. The van der Waals surface area contributed by atoms with E-state index in [2.05, 4.69) is 15.4 Å². The molecule has 0 radical (unpaired) electrons. The molecule has 1 N–H and O–H groups in total. The first kappa shape index (κ1) is 23.7. The first-order chi connectivity index (χ1) is 14.2. The van der Waals surface area contributed by atoms with Gasteiger partial charge in [-0.3, -0.25) is 14.9 Å². The van der Waals surface area contributed by atoms with Crippen LogP contribution in [0.4, 0.5) is 10.5 Å². The van der Waals surface area contributed by atoms with E-state index in [4.69, 9.17) is 0 Å².